The van der Waals surface area contributed by atoms with Crippen LogP contribution in [0.15, 0.2) is 35.1 Å². The molecule has 6 nitrogen and oxygen atoms in total. The molecule has 1 aromatic carbocycles. The number of aromatic nitrogens is 3. The number of nitrogens with zero attached hydrogens (tertiary/aromatic N) is 2. The zero-order chi connectivity index (χ0) is 13.1. The first kappa shape index (κ1) is 12.2. The summed E-state index contributed by atoms with van der Waals surface area (Å²) in [7, 11) is 0. The number of aromatic amines is 1. The molecule has 2 aromatic rings. The number of Topliss-reactive ketones (excluding diaryl/α,β-unsaturated/α-hetero) is 1. The summed E-state index contributed by atoms with van der Waals surface area (Å²) in [6, 6.07) is 8.66. The summed E-state index contributed by atoms with van der Waals surface area (Å²) >= 11 is 4.74. The number of benzene rings is 1. The Labute approximate surface area is 107 Å². The molecule has 92 valence electrons. The van der Waals surface area contributed by atoms with Crippen LogP contribution in [0.4, 0.5) is 0 Å². The van der Waals surface area contributed by atoms with Gasteiger partial charge in [0.15, 0.2) is 5.78 Å². The number of nitrogens with one attached hydrogen (secondary N) is 1. The third-order valence-corrected chi connectivity index (χ3v) is 2.68. The van der Waals surface area contributed by atoms with Crippen molar-refractivity contribution >= 4 is 18.0 Å². The van der Waals surface area contributed by atoms with Crippen LogP contribution in [0.1, 0.15) is 16.1 Å². The molecule has 0 bridgehead atoms. The fourth-order valence-electron chi connectivity index (χ4n) is 1.44. The van der Waals surface area contributed by atoms with Gasteiger partial charge in [0.25, 0.3) is 5.56 Å². The predicted molar refractivity (Wildman–Crippen MR) is 68.3 cm³/mol. The highest BCUT2D eigenvalue weighted by molar-refractivity contribution is 7.71. The third kappa shape index (κ3) is 2.35. The minimum absolute atomic E-state index is 0.0101. The third-order valence-electron chi connectivity index (χ3n) is 2.39. The van der Waals surface area contributed by atoms with E-state index in [1.165, 1.54) is 0 Å². The molecule has 0 aliphatic heterocycles. The van der Waals surface area contributed by atoms with E-state index in [1.54, 1.807) is 24.3 Å². The Bertz CT molecular complexity index is 690. The molecule has 0 spiro atoms. The number of ketones is 1. The SMILES string of the molecule is Nn1c(=S)[nH]nc(CC(=O)c2ccccc2)c1=O. The number of hydrogen-bond acceptors (Lipinski definition) is 5. The van der Waals surface area contributed by atoms with Crippen LogP contribution in [-0.2, 0) is 6.42 Å². The monoisotopic (exact) mass is 262 g/mol. The van der Waals surface area contributed by atoms with Gasteiger partial charge in [-0.2, -0.15) is 9.77 Å². The molecule has 0 aliphatic carbocycles. The van der Waals surface area contributed by atoms with E-state index in [4.69, 9.17) is 18.1 Å². The molecule has 0 unspecified atom stereocenters. The van der Waals surface area contributed by atoms with Crippen molar-refractivity contribution in [3.63, 3.8) is 0 Å². The maximum atomic E-state index is 11.9. The normalized spacial score (nSPS) is 10.2. The van der Waals surface area contributed by atoms with Gasteiger partial charge in [0.2, 0.25) is 4.77 Å². The lowest BCUT2D eigenvalue weighted by molar-refractivity contribution is 0.0991. The van der Waals surface area contributed by atoms with Gasteiger partial charge < -0.3 is 5.84 Å². The second-order valence-corrected chi connectivity index (χ2v) is 4.00. The molecular formula is C11H10N4O2S. The van der Waals surface area contributed by atoms with Crippen molar-refractivity contribution in [2.75, 3.05) is 5.84 Å². The lowest BCUT2D eigenvalue weighted by Crippen LogP contribution is -2.33. The summed E-state index contributed by atoms with van der Waals surface area (Å²) in [6.45, 7) is 0. The molecule has 2 rings (SSSR count). The molecule has 0 amide bonds. The first-order valence-electron chi connectivity index (χ1n) is 5.13. The van der Waals surface area contributed by atoms with Gasteiger partial charge in [0.05, 0.1) is 6.42 Å². The molecule has 0 atom stereocenters. The van der Waals surface area contributed by atoms with Gasteiger partial charge in [0.1, 0.15) is 5.69 Å². The van der Waals surface area contributed by atoms with E-state index in [0.717, 1.165) is 4.68 Å². The van der Waals surface area contributed by atoms with Crippen molar-refractivity contribution in [1.82, 2.24) is 14.9 Å². The summed E-state index contributed by atoms with van der Waals surface area (Å²) in [6.07, 6.45) is -0.119. The van der Waals surface area contributed by atoms with E-state index in [2.05, 4.69) is 10.2 Å². The van der Waals surface area contributed by atoms with Gasteiger partial charge >= 0.3 is 0 Å². The van der Waals surface area contributed by atoms with Crippen LogP contribution in [0.2, 0.25) is 0 Å². The van der Waals surface area contributed by atoms with Gasteiger partial charge in [-0.05, 0) is 12.2 Å². The molecular weight excluding hydrogens is 252 g/mol. The van der Waals surface area contributed by atoms with E-state index < -0.39 is 5.56 Å². The predicted octanol–water partition coefficient (Wildman–Crippen LogP) is 0.440. The lowest BCUT2D eigenvalue weighted by Gasteiger charge is -2.02. The number of H-pyrrole nitrogens is 1. The molecule has 0 saturated carbocycles. The minimum Gasteiger partial charge on any atom is -0.334 e. The topological polar surface area (TPSA) is 93.8 Å². The average Bonchev–Trinajstić information content (AvgIpc) is 2.40. The molecule has 1 aromatic heterocycles. The number of nitrogen functional groups attached to an aromatic ring is 1. The average molecular weight is 262 g/mol. The van der Waals surface area contributed by atoms with E-state index >= 15 is 0 Å². The van der Waals surface area contributed by atoms with Crippen LogP contribution in [0, 0.1) is 4.77 Å². The van der Waals surface area contributed by atoms with Crippen LogP contribution < -0.4 is 11.4 Å². The first-order chi connectivity index (χ1) is 8.59. The molecule has 18 heavy (non-hydrogen) atoms. The summed E-state index contributed by atoms with van der Waals surface area (Å²) < 4.78 is 0.770. The van der Waals surface area contributed by atoms with Crippen molar-refractivity contribution < 1.29 is 4.79 Å². The van der Waals surface area contributed by atoms with Crippen LogP contribution in [0.25, 0.3) is 0 Å². The van der Waals surface area contributed by atoms with E-state index in [0.29, 0.717) is 5.56 Å². The first-order valence-corrected chi connectivity index (χ1v) is 5.54. The maximum Gasteiger partial charge on any atom is 0.295 e. The Hall–Kier alpha value is -2.28. The molecule has 7 heteroatoms. The second-order valence-electron chi connectivity index (χ2n) is 3.62. The minimum atomic E-state index is -0.567. The highest BCUT2D eigenvalue weighted by atomic mass is 32.1. The highest BCUT2D eigenvalue weighted by Crippen LogP contribution is 2.02. The summed E-state index contributed by atoms with van der Waals surface area (Å²) in [5.41, 5.74) is -0.00675. The van der Waals surface area contributed by atoms with Gasteiger partial charge in [-0.25, -0.2) is 0 Å². The highest BCUT2D eigenvalue weighted by Gasteiger charge is 2.12. The largest absolute Gasteiger partial charge is 0.334 e. The van der Waals surface area contributed by atoms with Crippen molar-refractivity contribution in [2.45, 2.75) is 6.42 Å². The summed E-state index contributed by atoms with van der Waals surface area (Å²) in [5, 5.41) is 6.16. The van der Waals surface area contributed by atoms with Crippen LogP contribution >= 0.6 is 12.2 Å². The quantitative estimate of drug-likeness (QED) is 0.475. The number of hydrogen-bond donors (Lipinski definition) is 2. The number of rotatable bonds is 3. The molecule has 0 fully saturated rings. The van der Waals surface area contributed by atoms with Crippen LogP contribution in [0.5, 0.6) is 0 Å². The Balaban J connectivity index is 2.31. The van der Waals surface area contributed by atoms with Crippen molar-refractivity contribution in [3.8, 4) is 0 Å². The summed E-state index contributed by atoms with van der Waals surface area (Å²) in [5.74, 6) is 5.21. The Morgan fingerprint density at radius 3 is 2.72 bits per heavy atom. The lowest BCUT2D eigenvalue weighted by atomic mass is 10.1. The van der Waals surface area contributed by atoms with Crippen molar-refractivity contribution in [3.05, 3.63) is 56.7 Å². The number of carbonyl (C=O) groups excluding carboxylic acids is 1. The Morgan fingerprint density at radius 2 is 2.06 bits per heavy atom. The van der Waals surface area contributed by atoms with Crippen LogP contribution in [-0.4, -0.2) is 20.7 Å². The molecule has 0 saturated heterocycles. The fourth-order valence-corrected chi connectivity index (χ4v) is 1.57. The summed E-state index contributed by atoms with van der Waals surface area (Å²) in [4.78, 5) is 23.6. The zero-order valence-electron chi connectivity index (χ0n) is 9.29. The maximum absolute atomic E-state index is 11.9. The molecule has 0 radical (unpaired) electrons. The number of carbonyl (C=O) groups is 1. The fraction of sp³-hybridized carbons (Fsp3) is 0.0909. The van der Waals surface area contributed by atoms with E-state index in [9.17, 15) is 9.59 Å². The molecule has 3 N–H and O–H groups in total. The number of nitrogens with two attached hydrogens (primary N) is 1. The Kier molecular flexibility index (Phi) is 3.33. The Morgan fingerprint density at radius 1 is 1.39 bits per heavy atom. The van der Waals surface area contributed by atoms with Gasteiger partial charge in [-0.15, -0.1) is 0 Å². The van der Waals surface area contributed by atoms with Gasteiger partial charge in [0, 0.05) is 5.56 Å². The van der Waals surface area contributed by atoms with E-state index in [-0.39, 0.29) is 22.7 Å². The second kappa shape index (κ2) is 4.92. The van der Waals surface area contributed by atoms with Gasteiger partial charge in [-0.3, -0.25) is 14.7 Å². The van der Waals surface area contributed by atoms with Gasteiger partial charge in [-0.1, -0.05) is 30.3 Å². The van der Waals surface area contributed by atoms with Crippen molar-refractivity contribution in [1.29, 1.82) is 0 Å². The zero-order valence-corrected chi connectivity index (χ0v) is 10.1. The standard InChI is InChI=1S/C11H10N4O2S/c12-15-10(17)8(13-14-11(15)18)6-9(16)7-4-2-1-3-5-7/h1-5H,6,12H2,(H,14,18). The van der Waals surface area contributed by atoms with E-state index in [1.807, 2.05) is 6.07 Å². The smallest absolute Gasteiger partial charge is 0.295 e. The van der Waals surface area contributed by atoms with Crippen LogP contribution in [0.3, 0.4) is 0 Å². The van der Waals surface area contributed by atoms with Crippen molar-refractivity contribution in [2.24, 2.45) is 0 Å². The molecule has 1 heterocycles. The molecule has 0 aliphatic rings.